The third-order valence-electron chi connectivity index (χ3n) is 3.59. The summed E-state index contributed by atoms with van der Waals surface area (Å²) in [6, 6.07) is 1.01. The van der Waals surface area contributed by atoms with E-state index < -0.39 is 9.84 Å². The van der Waals surface area contributed by atoms with Crippen LogP contribution in [0.4, 0.5) is 0 Å². The number of hydrogen-bond donors (Lipinski definition) is 2. The minimum atomic E-state index is -2.93. The third kappa shape index (κ3) is 6.56. The highest BCUT2D eigenvalue weighted by Crippen LogP contribution is 2.12. The number of aliphatic imine (C=N–C) groups is 1. The van der Waals surface area contributed by atoms with E-state index in [1.54, 1.807) is 7.05 Å². The van der Waals surface area contributed by atoms with Crippen LogP contribution >= 0.6 is 0 Å². The predicted octanol–water partition coefficient (Wildman–Crippen LogP) is 0.0688. The molecule has 1 saturated heterocycles. The van der Waals surface area contributed by atoms with Gasteiger partial charge in [-0.15, -0.1) is 0 Å². The summed E-state index contributed by atoms with van der Waals surface area (Å²) in [5, 5.41) is 6.42. The summed E-state index contributed by atoms with van der Waals surface area (Å²) in [6.45, 7) is 7.02. The van der Waals surface area contributed by atoms with Crippen LogP contribution < -0.4 is 10.6 Å². The van der Waals surface area contributed by atoms with Gasteiger partial charge in [0.05, 0.1) is 5.75 Å². The molecule has 0 amide bonds. The highest BCUT2D eigenvalue weighted by atomic mass is 32.2. The molecule has 20 heavy (non-hydrogen) atoms. The highest BCUT2D eigenvalue weighted by Gasteiger charge is 2.21. The standard InChI is InChI=1S/C13H28N4O2S/c1-11(2)17-8-5-12(6-9-17)16-13(14-3)15-7-10-20(4,18)19/h11-12H,5-10H2,1-4H3,(H2,14,15,16). The average molecular weight is 304 g/mol. The maximum atomic E-state index is 11.1. The first kappa shape index (κ1) is 17.2. The van der Waals surface area contributed by atoms with Crippen molar-refractivity contribution in [1.82, 2.24) is 15.5 Å². The molecule has 2 N–H and O–H groups in total. The highest BCUT2D eigenvalue weighted by molar-refractivity contribution is 7.90. The van der Waals surface area contributed by atoms with Crippen LogP contribution in [-0.4, -0.2) is 70.1 Å². The molecule has 1 aliphatic heterocycles. The molecule has 0 aliphatic carbocycles. The lowest BCUT2D eigenvalue weighted by molar-refractivity contribution is 0.167. The molecule has 7 heteroatoms. The molecule has 0 radical (unpaired) electrons. The third-order valence-corrected chi connectivity index (χ3v) is 4.54. The van der Waals surface area contributed by atoms with Gasteiger partial charge in [0.1, 0.15) is 9.84 Å². The van der Waals surface area contributed by atoms with Crippen LogP contribution in [-0.2, 0) is 9.84 Å². The molecule has 0 saturated carbocycles. The Morgan fingerprint density at radius 2 is 1.95 bits per heavy atom. The molecule has 1 heterocycles. The Hall–Kier alpha value is -0.820. The van der Waals surface area contributed by atoms with E-state index in [9.17, 15) is 8.42 Å². The minimum Gasteiger partial charge on any atom is -0.355 e. The Kier molecular flexibility index (Phi) is 6.75. The van der Waals surface area contributed by atoms with Gasteiger partial charge in [0.25, 0.3) is 0 Å². The van der Waals surface area contributed by atoms with Crippen molar-refractivity contribution in [3.8, 4) is 0 Å². The number of guanidine groups is 1. The monoisotopic (exact) mass is 304 g/mol. The lowest BCUT2D eigenvalue weighted by Gasteiger charge is -2.35. The van der Waals surface area contributed by atoms with E-state index in [1.807, 2.05) is 0 Å². The fourth-order valence-corrected chi connectivity index (χ4v) is 2.78. The lowest BCUT2D eigenvalue weighted by atomic mass is 10.0. The van der Waals surface area contributed by atoms with Crippen LogP contribution in [0.5, 0.6) is 0 Å². The van der Waals surface area contributed by atoms with E-state index in [-0.39, 0.29) is 5.75 Å². The first-order valence-electron chi connectivity index (χ1n) is 7.21. The van der Waals surface area contributed by atoms with Gasteiger partial charge in [0.2, 0.25) is 0 Å². The SMILES string of the molecule is CN=C(NCCS(C)(=O)=O)NC1CCN(C(C)C)CC1. The van der Waals surface area contributed by atoms with Gasteiger partial charge < -0.3 is 15.5 Å². The normalized spacial score (nSPS) is 19.4. The molecule has 0 bridgehead atoms. The van der Waals surface area contributed by atoms with Gasteiger partial charge in [-0.05, 0) is 26.7 Å². The van der Waals surface area contributed by atoms with Crippen molar-refractivity contribution >= 4 is 15.8 Å². The maximum absolute atomic E-state index is 11.1. The van der Waals surface area contributed by atoms with E-state index in [1.165, 1.54) is 6.26 Å². The van der Waals surface area contributed by atoms with E-state index >= 15 is 0 Å². The summed E-state index contributed by atoms with van der Waals surface area (Å²) in [5.74, 6) is 0.816. The van der Waals surface area contributed by atoms with E-state index in [0.717, 1.165) is 25.9 Å². The molecule has 0 spiro atoms. The number of nitrogens with one attached hydrogen (secondary N) is 2. The predicted molar refractivity (Wildman–Crippen MR) is 83.9 cm³/mol. The molecule has 1 fully saturated rings. The molecule has 0 aromatic rings. The Balaban J connectivity index is 2.32. The largest absolute Gasteiger partial charge is 0.355 e. The first-order valence-corrected chi connectivity index (χ1v) is 9.27. The number of likely N-dealkylation sites (tertiary alicyclic amines) is 1. The number of nitrogens with zero attached hydrogens (tertiary/aromatic N) is 2. The average Bonchev–Trinajstić information content (AvgIpc) is 2.36. The van der Waals surface area contributed by atoms with Gasteiger partial charge in [-0.1, -0.05) is 0 Å². The second-order valence-electron chi connectivity index (χ2n) is 5.68. The Bertz CT molecular complexity index is 412. The minimum absolute atomic E-state index is 0.124. The molecule has 6 nitrogen and oxygen atoms in total. The summed E-state index contributed by atoms with van der Waals surface area (Å²) in [6.07, 6.45) is 3.42. The molecular formula is C13H28N4O2S. The zero-order chi connectivity index (χ0) is 15.2. The number of rotatable bonds is 5. The second kappa shape index (κ2) is 7.83. The van der Waals surface area contributed by atoms with Crippen LogP contribution in [0.25, 0.3) is 0 Å². The van der Waals surface area contributed by atoms with Crippen molar-refractivity contribution in [2.75, 3.05) is 38.7 Å². The van der Waals surface area contributed by atoms with Crippen LogP contribution in [0, 0.1) is 0 Å². The van der Waals surface area contributed by atoms with Crippen LogP contribution in [0.15, 0.2) is 4.99 Å². The van der Waals surface area contributed by atoms with Crippen molar-refractivity contribution < 1.29 is 8.42 Å². The molecule has 0 unspecified atom stereocenters. The fourth-order valence-electron chi connectivity index (χ4n) is 2.30. The van der Waals surface area contributed by atoms with E-state index in [2.05, 4.69) is 34.4 Å². The summed E-state index contributed by atoms with van der Waals surface area (Å²) in [7, 11) is -1.22. The Morgan fingerprint density at radius 1 is 1.35 bits per heavy atom. The van der Waals surface area contributed by atoms with Crippen molar-refractivity contribution in [3.05, 3.63) is 0 Å². The van der Waals surface area contributed by atoms with Crippen molar-refractivity contribution in [2.45, 2.75) is 38.8 Å². The topological polar surface area (TPSA) is 73.8 Å². The van der Waals surface area contributed by atoms with E-state index in [0.29, 0.717) is 24.6 Å². The lowest BCUT2D eigenvalue weighted by Crippen LogP contribution is -2.50. The van der Waals surface area contributed by atoms with Crippen LogP contribution in [0.2, 0.25) is 0 Å². The van der Waals surface area contributed by atoms with Gasteiger partial charge >= 0.3 is 0 Å². The van der Waals surface area contributed by atoms with Crippen molar-refractivity contribution in [3.63, 3.8) is 0 Å². The Morgan fingerprint density at radius 3 is 2.40 bits per heavy atom. The quantitative estimate of drug-likeness (QED) is 0.555. The fraction of sp³-hybridized carbons (Fsp3) is 0.923. The zero-order valence-electron chi connectivity index (χ0n) is 13.0. The van der Waals surface area contributed by atoms with Gasteiger partial charge in [0.15, 0.2) is 5.96 Å². The number of hydrogen-bond acceptors (Lipinski definition) is 4. The summed E-state index contributed by atoms with van der Waals surface area (Å²) in [5.41, 5.74) is 0. The first-order chi connectivity index (χ1) is 9.31. The Labute approximate surface area is 122 Å². The number of sulfone groups is 1. The molecule has 118 valence electrons. The summed E-state index contributed by atoms with van der Waals surface area (Å²) in [4.78, 5) is 6.61. The maximum Gasteiger partial charge on any atom is 0.191 e. The van der Waals surface area contributed by atoms with Gasteiger partial charge in [-0.2, -0.15) is 0 Å². The molecule has 0 atom stereocenters. The molecule has 1 aliphatic rings. The van der Waals surface area contributed by atoms with Gasteiger partial charge in [-0.3, -0.25) is 4.99 Å². The van der Waals surface area contributed by atoms with Gasteiger partial charge in [-0.25, -0.2) is 8.42 Å². The smallest absolute Gasteiger partial charge is 0.191 e. The number of piperidine rings is 1. The second-order valence-corrected chi connectivity index (χ2v) is 7.94. The van der Waals surface area contributed by atoms with Crippen molar-refractivity contribution in [2.24, 2.45) is 4.99 Å². The van der Waals surface area contributed by atoms with Gasteiger partial charge in [0, 0.05) is 45.0 Å². The summed E-state index contributed by atoms with van der Waals surface area (Å²) >= 11 is 0. The molecule has 0 aromatic heterocycles. The van der Waals surface area contributed by atoms with Crippen molar-refractivity contribution in [1.29, 1.82) is 0 Å². The van der Waals surface area contributed by atoms with Crippen LogP contribution in [0.1, 0.15) is 26.7 Å². The van der Waals surface area contributed by atoms with E-state index in [4.69, 9.17) is 0 Å². The zero-order valence-corrected chi connectivity index (χ0v) is 13.8. The molecular weight excluding hydrogens is 276 g/mol. The van der Waals surface area contributed by atoms with Crippen LogP contribution in [0.3, 0.4) is 0 Å². The molecule has 0 aromatic carbocycles. The molecule has 1 rings (SSSR count). The summed E-state index contributed by atoms with van der Waals surface area (Å²) < 4.78 is 22.2.